The zero-order chi connectivity index (χ0) is 11.8. The van der Waals surface area contributed by atoms with Gasteiger partial charge < -0.3 is 10.3 Å². The van der Waals surface area contributed by atoms with Crippen molar-refractivity contribution < 1.29 is 4.52 Å². The Morgan fingerprint density at radius 1 is 1.12 bits per heavy atom. The maximum Gasteiger partial charge on any atom is 0.176 e. The molecule has 0 atom stereocenters. The fourth-order valence-corrected chi connectivity index (χ4v) is 1.98. The number of hydrogen-bond donors (Lipinski definition) is 1. The summed E-state index contributed by atoms with van der Waals surface area (Å²) in [6, 6.07) is 12.9. The van der Waals surface area contributed by atoms with E-state index in [1.54, 1.807) is 6.07 Å². The highest BCUT2D eigenvalue weighted by Gasteiger charge is 2.12. The summed E-state index contributed by atoms with van der Waals surface area (Å²) in [4.78, 5) is 0. The van der Waals surface area contributed by atoms with Gasteiger partial charge in [-0.25, -0.2) is 0 Å². The van der Waals surface area contributed by atoms with Gasteiger partial charge in [0.25, 0.3) is 0 Å². The molecule has 0 saturated heterocycles. The molecule has 3 aromatic rings. The van der Waals surface area contributed by atoms with E-state index in [1.165, 1.54) is 0 Å². The molecule has 0 radical (unpaired) electrons. The van der Waals surface area contributed by atoms with E-state index < -0.39 is 0 Å². The smallest absolute Gasteiger partial charge is 0.176 e. The van der Waals surface area contributed by atoms with E-state index in [9.17, 15) is 0 Å². The summed E-state index contributed by atoms with van der Waals surface area (Å²) < 4.78 is 5.35. The highest BCUT2D eigenvalue weighted by Crippen LogP contribution is 2.33. The minimum atomic E-state index is 0.649. The van der Waals surface area contributed by atoms with E-state index in [-0.39, 0.29) is 0 Å². The van der Waals surface area contributed by atoms with Crippen LogP contribution in [0.5, 0.6) is 0 Å². The van der Waals surface area contributed by atoms with Gasteiger partial charge in [-0.3, -0.25) is 0 Å². The number of nitrogens with two attached hydrogens (primary N) is 1. The maximum absolute atomic E-state index is 5.97. The third-order valence-electron chi connectivity index (χ3n) is 2.64. The average Bonchev–Trinajstić information content (AvgIpc) is 2.72. The van der Waals surface area contributed by atoms with Crippen molar-refractivity contribution >= 4 is 28.2 Å². The molecule has 0 amide bonds. The molecule has 17 heavy (non-hydrogen) atoms. The summed E-state index contributed by atoms with van der Waals surface area (Å²) in [5.74, 6) is 0.653. The molecule has 2 N–H and O–H groups in total. The van der Waals surface area contributed by atoms with Crippen LogP contribution in [-0.4, -0.2) is 5.16 Å². The van der Waals surface area contributed by atoms with Crippen molar-refractivity contribution in [2.75, 3.05) is 5.73 Å². The number of rotatable bonds is 1. The first-order valence-electron chi connectivity index (χ1n) is 5.15. The summed E-state index contributed by atoms with van der Waals surface area (Å²) >= 11 is 5.97. The quantitative estimate of drug-likeness (QED) is 0.664. The molecule has 0 bridgehead atoms. The Kier molecular flexibility index (Phi) is 2.27. The number of halogens is 1. The van der Waals surface area contributed by atoms with Crippen LogP contribution in [0, 0.1) is 0 Å². The van der Waals surface area contributed by atoms with Gasteiger partial charge in [-0.15, -0.1) is 0 Å². The number of anilines is 1. The molecule has 1 aromatic heterocycles. The summed E-state index contributed by atoms with van der Waals surface area (Å²) in [6.45, 7) is 0. The molecule has 0 aliphatic rings. The zero-order valence-corrected chi connectivity index (χ0v) is 9.61. The van der Waals surface area contributed by atoms with Gasteiger partial charge in [0.05, 0.1) is 5.39 Å². The minimum absolute atomic E-state index is 0.649. The van der Waals surface area contributed by atoms with Crippen molar-refractivity contribution in [1.29, 1.82) is 0 Å². The molecule has 0 spiro atoms. The average molecular weight is 245 g/mol. The monoisotopic (exact) mass is 244 g/mol. The maximum atomic E-state index is 5.97. The molecule has 3 nitrogen and oxygen atoms in total. The van der Waals surface area contributed by atoms with Gasteiger partial charge in [-0.05, 0) is 30.3 Å². The molecule has 0 aliphatic heterocycles. The Hall–Kier alpha value is -2.00. The third kappa shape index (κ3) is 1.65. The second-order valence-corrected chi connectivity index (χ2v) is 4.20. The number of para-hydroxylation sites is 1. The van der Waals surface area contributed by atoms with Crippen molar-refractivity contribution in [1.82, 2.24) is 5.16 Å². The second-order valence-electron chi connectivity index (χ2n) is 3.76. The number of nitrogen functional groups attached to an aromatic ring is 1. The lowest BCUT2D eigenvalue weighted by atomic mass is 10.1. The van der Waals surface area contributed by atoms with Crippen LogP contribution in [0.25, 0.3) is 22.2 Å². The van der Waals surface area contributed by atoms with Crippen LogP contribution >= 0.6 is 11.6 Å². The first-order chi connectivity index (χ1) is 8.25. The Morgan fingerprint density at radius 3 is 2.76 bits per heavy atom. The van der Waals surface area contributed by atoms with Gasteiger partial charge in [-0.1, -0.05) is 28.9 Å². The number of fused-ring (bicyclic) bond motifs is 1. The Morgan fingerprint density at radius 2 is 1.94 bits per heavy atom. The SMILES string of the molecule is Nc1ccccc1-c1onc2ccc(Cl)cc12. The molecule has 1 heterocycles. The molecular formula is C13H9ClN2O. The molecule has 2 aromatic carbocycles. The van der Waals surface area contributed by atoms with Gasteiger partial charge in [0.2, 0.25) is 0 Å². The molecule has 4 heteroatoms. The minimum Gasteiger partial charge on any atom is -0.398 e. The highest BCUT2D eigenvalue weighted by atomic mass is 35.5. The number of hydrogen-bond acceptors (Lipinski definition) is 3. The summed E-state index contributed by atoms with van der Waals surface area (Å²) in [7, 11) is 0. The molecule has 3 rings (SSSR count). The van der Waals surface area contributed by atoms with E-state index in [0.717, 1.165) is 16.5 Å². The van der Waals surface area contributed by atoms with Crippen molar-refractivity contribution in [3.05, 3.63) is 47.5 Å². The third-order valence-corrected chi connectivity index (χ3v) is 2.88. The van der Waals surface area contributed by atoms with Gasteiger partial charge in [0.15, 0.2) is 5.76 Å². The van der Waals surface area contributed by atoms with Crippen molar-refractivity contribution in [3.63, 3.8) is 0 Å². The fourth-order valence-electron chi connectivity index (χ4n) is 1.81. The molecule has 84 valence electrons. The first-order valence-corrected chi connectivity index (χ1v) is 5.53. The lowest BCUT2D eigenvalue weighted by Crippen LogP contribution is -1.88. The topological polar surface area (TPSA) is 52.0 Å². The summed E-state index contributed by atoms with van der Waals surface area (Å²) in [5.41, 5.74) is 8.18. The summed E-state index contributed by atoms with van der Waals surface area (Å²) in [6.07, 6.45) is 0. The van der Waals surface area contributed by atoms with E-state index >= 15 is 0 Å². The van der Waals surface area contributed by atoms with E-state index in [1.807, 2.05) is 36.4 Å². The van der Waals surface area contributed by atoms with Crippen LogP contribution in [0.4, 0.5) is 5.69 Å². The van der Waals surface area contributed by atoms with E-state index in [0.29, 0.717) is 16.5 Å². The van der Waals surface area contributed by atoms with Crippen LogP contribution in [-0.2, 0) is 0 Å². The van der Waals surface area contributed by atoms with Crippen molar-refractivity contribution in [2.24, 2.45) is 0 Å². The molecule has 0 saturated carbocycles. The normalized spacial score (nSPS) is 10.9. The van der Waals surface area contributed by atoms with Gasteiger partial charge in [-0.2, -0.15) is 0 Å². The van der Waals surface area contributed by atoms with Crippen LogP contribution < -0.4 is 5.73 Å². The lowest BCUT2D eigenvalue weighted by molar-refractivity contribution is 0.441. The number of aromatic nitrogens is 1. The number of benzene rings is 2. The second kappa shape index (κ2) is 3.79. The molecular weight excluding hydrogens is 236 g/mol. The van der Waals surface area contributed by atoms with Crippen LogP contribution in [0.2, 0.25) is 5.02 Å². The Bertz CT molecular complexity index is 691. The van der Waals surface area contributed by atoms with E-state index in [2.05, 4.69) is 5.16 Å². The van der Waals surface area contributed by atoms with Crippen molar-refractivity contribution in [2.45, 2.75) is 0 Å². The molecule has 0 unspecified atom stereocenters. The summed E-state index contributed by atoms with van der Waals surface area (Å²) in [5, 5.41) is 5.51. The molecule has 0 aliphatic carbocycles. The Labute approximate surface area is 103 Å². The fraction of sp³-hybridized carbons (Fsp3) is 0. The zero-order valence-electron chi connectivity index (χ0n) is 8.85. The lowest BCUT2D eigenvalue weighted by Gasteiger charge is -2.01. The van der Waals surface area contributed by atoms with Gasteiger partial charge in [0, 0.05) is 16.3 Å². The predicted octanol–water partition coefficient (Wildman–Crippen LogP) is 3.73. The van der Waals surface area contributed by atoms with Crippen LogP contribution in [0.15, 0.2) is 47.0 Å². The standard InChI is InChI=1S/C13H9ClN2O/c14-8-5-6-12-10(7-8)13(17-16-12)9-3-1-2-4-11(9)15/h1-7H,15H2. The largest absolute Gasteiger partial charge is 0.398 e. The van der Waals surface area contributed by atoms with Crippen LogP contribution in [0.1, 0.15) is 0 Å². The van der Waals surface area contributed by atoms with Gasteiger partial charge >= 0.3 is 0 Å². The van der Waals surface area contributed by atoms with E-state index in [4.69, 9.17) is 21.9 Å². The number of nitrogens with zero attached hydrogens (tertiary/aromatic N) is 1. The Balaban J connectivity index is 2.31. The molecule has 0 fully saturated rings. The first kappa shape index (κ1) is 10.2. The van der Waals surface area contributed by atoms with Crippen LogP contribution in [0.3, 0.4) is 0 Å². The highest BCUT2D eigenvalue weighted by molar-refractivity contribution is 6.31. The van der Waals surface area contributed by atoms with Gasteiger partial charge in [0.1, 0.15) is 5.52 Å². The van der Waals surface area contributed by atoms with Crippen molar-refractivity contribution in [3.8, 4) is 11.3 Å². The predicted molar refractivity (Wildman–Crippen MR) is 68.9 cm³/mol.